The SMILES string of the molecule is CCN(CC)CCCNc1nc(NCCCN(CC)CC)nc(Nc2cccc3cccnc23)n1. The van der Waals surface area contributed by atoms with Gasteiger partial charge >= 0.3 is 0 Å². The lowest BCUT2D eigenvalue weighted by atomic mass is 10.2. The normalized spacial score (nSPS) is 11.4. The molecule has 0 amide bonds. The van der Waals surface area contributed by atoms with E-state index in [0.29, 0.717) is 17.8 Å². The average Bonchev–Trinajstić information content (AvgIpc) is 2.89. The first kappa shape index (κ1) is 26.6. The second kappa shape index (κ2) is 14.4. The fourth-order valence-electron chi connectivity index (χ4n) is 4.00. The number of rotatable bonds is 16. The van der Waals surface area contributed by atoms with Crippen LogP contribution in [0.2, 0.25) is 0 Å². The van der Waals surface area contributed by atoms with E-state index in [2.05, 4.69) is 73.4 Å². The van der Waals surface area contributed by atoms with Crippen LogP contribution in [0, 0.1) is 0 Å². The summed E-state index contributed by atoms with van der Waals surface area (Å²) in [4.78, 5) is 23.3. The van der Waals surface area contributed by atoms with Crippen molar-refractivity contribution >= 4 is 34.4 Å². The zero-order chi connectivity index (χ0) is 24.9. The molecule has 35 heavy (non-hydrogen) atoms. The standard InChI is InChI=1S/C26H41N9/c1-5-34(6-2)19-11-17-28-24-31-25(29-18-12-20-35(7-3)8-4)33-26(32-24)30-22-15-9-13-21-14-10-16-27-23(21)22/h9-10,13-16H,5-8,11-12,17-20H2,1-4H3,(H3,28,29,30,31,32,33). The van der Waals surface area contributed by atoms with Crippen molar-refractivity contribution < 1.29 is 0 Å². The Bertz CT molecular complexity index is 975. The van der Waals surface area contributed by atoms with Gasteiger partial charge in [-0.25, -0.2) is 0 Å². The number of nitrogens with one attached hydrogen (secondary N) is 3. The van der Waals surface area contributed by atoms with Crippen molar-refractivity contribution in [2.45, 2.75) is 40.5 Å². The summed E-state index contributed by atoms with van der Waals surface area (Å²) in [6, 6.07) is 10.0. The van der Waals surface area contributed by atoms with E-state index in [1.807, 2.05) is 30.3 Å². The van der Waals surface area contributed by atoms with Gasteiger partial charge in [0.25, 0.3) is 0 Å². The number of pyridine rings is 1. The molecule has 9 heteroatoms. The molecule has 0 fully saturated rings. The maximum atomic E-state index is 4.64. The Morgan fingerprint density at radius 3 is 1.80 bits per heavy atom. The molecule has 1 aromatic carbocycles. The molecular weight excluding hydrogens is 438 g/mol. The first-order valence-corrected chi connectivity index (χ1v) is 13.0. The molecule has 0 aliphatic rings. The molecule has 0 saturated heterocycles. The maximum Gasteiger partial charge on any atom is 0.233 e. The first-order valence-electron chi connectivity index (χ1n) is 13.0. The Hall–Kier alpha value is -3.04. The highest BCUT2D eigenvalue weighted by molar-refractivity contribution is 5.91. The van der Waals surface area contributed by atoms with Crippen LogP contribution in [0.25, 0.3) is 10.9 Å². The Morgan fingerprint density at radius 1 is 0.686 bits per heavy atom. The van der Waals surface area contributed by atoms with Gasteiger partial charge in [0.1, 0.15) is 0 Å². The quantitative estimate of drug-likeness (QED) is 0.258. The van der Waals surface area contributed by atoms with E-state index in [0.717, 1.165) is 81.8 Å². The summed E-state index contributed by atoms with van der Waals surface area (Å²) >= 11 is 0. The molecule has 0 atom stereocenters. The van der Waals surface area contributed by atoms with Gasteiger partial charge in [-0.15, -0.1) is 0 Å². The van der Waals surface area contributed by atoms with Crippen molar-refractivity contribution in [2.75, 3.05) is 68.3 Å². The number of anilines is 4. The molecule has 3 rings (SSSR count). The van der Waals surface area contributed by atoms with E-state index in [1.165, 1.54) is 0 Å². The Kier molecular flexibility index (Phi) is 10.9. The number of fused-ring (bicyclic) bond motifs is 1. The fourth-order valence-corrected chi connectivity index (χ4v) is 4.00. The number of hydrogen-bond acceptors (Lipinski definition) is 9. The van der Waals surface area contributed by atoms with Gasteiger partial charge in [-0.05, 0) is 64.2 Å². The predicted octanol–water partition coefficient (Wildman–Crippen LogP) is 4.45. The molecule has 3 N–H and O–H groups in total. The van der Waals surface area contributed by atoms with Crippen molar-refractivity contribution in [2.24, 2.45) is 0 Å². The highest BCUT2D eigenvalue weighted by atomic mass is 15.3. The van der Waals surface area contributed by atoms with Crippen LogP contribution in [0.15, 0.2) is 36.5 Å². The van der Waals surface area contributed by atoms with Gasteiger partial charge in [-0.3, -0.25) is 4.98 Å². The van der Waals surface area contributed by atoms with Crippen molar-refractivity contribution in [1.29, 1.82) is 0 Å². The molecule has 0 radical (unpaired) electrons. The minimum absolute atomic E-state index is 0.496. The molecule has 0 bridgehead atoms. The number of aromatic nitrogens is 4. The van der Waals surface area contributed by atoms with Gasteiger partial charge in [0, 0.05) is 24.7 Å². The van der Waals surface area contributed by atoms with E-state index in [9.17, 15) is 0 Å². The molecule has 2 heterocycles. The van der Waals surface area contributed by atoms with Crippen LogP contribution in [-0.2, 0) is 0 Å². The van der Waals surface area contributed by atoms with E-state index < -0.39 is 0 Å². The van der Waals surface area contributed by atoms with Crippen molar-refractivity contribution in [3.63, 3.8) is 0 Å². The molecule has 0 spiro atoms. The van der Waals surface area contributed by atoms with Crippen LogP contribution in [0.5, 0.6) is 0 Å². The van der Waals surface area contributed by atoms with Crippen LogP contribution < -0.4 is 16.0 Å². The number of nitrogens with zero attached hydrogens (tertiary/aromatic N) is 6. The summed E-state index contributed by atoms with van der Waals surface area (Å²) in [6.07, 6.45) is 3.85. The van der Waals surface area contributed by atoms with Crippen LogP contribution >= 0.6 is 0 Å². The summed E-state index contributed by atoms with van der Waals surface area (Å²) in [5.41, 5.74) is 1.76. The minimum Gasteiger partial charge on any atom is -0.354 e. The second-order valence-corrected chi connectivity index (χ2v) is 8.43. The Labute approximate surface area is 209 Å². The first-order chi connectivity index (χ1) is 17.2. The van der Waals surface area contributed by atoms with Crippen LogP contribution in [0.1, 0.15) is 40.5 Å². The van der Waals surface area contributed by atoms with Crippen molar-refractivity contribution in [1.82, 2.24) is 29.7 Å². The summed E-state index contributed by atoms with van der Waals surface area (Å²) in [6.45, 7) is 16.8. The molecule has 0 saturated carbocycles. The highest BCUT2D eigenvalue weighted by Gasteiger charge is 2.10. The third kappa shape index (κ3) is 8.29. The summed E-state index contributed by atoms with van der Waals surface area (Å²) in [5, 5.41) is 11.2. The zero-order valence-electron chi connectivity index (χ0n) is 21.7. The minimum atomic E-state index is 0.496. The topological polar surface area (TPSA) is 94.1 Å². The van der Waals surface area contributed by atoms with E-state index >= 15 is 0 Å². The van der Waals surface area contributed by atoms with E-state index in [-0.39, 0.29) is 0 Å². The zero-order valence-corrected chi connectivity index (χ0v) is 21.7. The summed E-state index contributed by atoms with van der Waals surface area (Å²) in [7, 11) is 0. The molecule has 3 aromatic rings. The van der Waals surface area contributed by atoms with Crippen LogP contribution in [-0.4, -0.2) is 82.1 Å². The number of para-hydroxylation sites is 1. The predicted molar refractivity (Wildman–Crippen MR) is 147 cm³/mol. The number of hydrogen-bond donors (Lipinski definition) is 3. The van der Waals surface area contributed by atoms with Gasteiger partial charge in [-0.1, -0.05) is 45.9 Å². The molecule has 0 aliphatic carbocycles. The lowest BCUT2D eigenvalue weighted by molar-refractivity contribution is 0.303. The molecule has 190 valence electrons. The van der Waals surface area contributed by atoms with Gasteiger partial charge in [0.05, 0.1) is 11.2 Å². The summed E-state index contributed by atoms with van der Waals surface area (Å²) < 4.78 is 0. The maximum absolute atomic E-state index is 4.64. The van der Waals surface area contributed by atoms with Crippen molar-refractivity contribution in [3.05, 3.63) is 36.5 Å². The Morgan fingerprint density at radius 2 is 1.23 bits per heavy atom. The van der Waals surface area contributed by atoms with E-state index in [1.54, 1.807) is 6.20 Å². The lowest BCUT2D eigenvalue weighted by Crippen LogP contribution is -2.26. The molecule has 0 aliphatic heterocycles. The lowest BCUT2D eigenvalue weighted by Gasteiger charge is -2.18. The van der Waals surface area contributed by atoms with Gasteiger partial charge in [0.15, 0.2) is 0 Å². The van der Waals surface area contributed by atoms with Crippen molar-refractivity contribution in [3.8, 4) is 0 Å². The third-order valence-electron chi connectivity index (χ3n) is 6.17. The van der Waals surface area contributed by atoms with Crippen LogP contribution in [0.3, 0.4) is 0 Å². The summed E-state index contributed by atoms with van der Waals surface area (Å²) in [5.74, 6) is 1.64. The number of benzene rings is 1. The smallest absolute Gasteiger partial charge is 0.233 e. The largest absolute Gasteiger partial charge is 0.354 e. The molecule has 9 nitrogen and oxygen atoms in total. The fraction of sp³-hybridized carbons (Fsp3) is 0.538. The van der Waals surface area contributed by atoms with Crippen LogP contribution in [0.4, 0.5) is 23.5 Å². The monoisotopic (exact) mass is 479 g/mol. The molecule has 2 aromatic heterocycles. The average molecular weight is 480 g/mol. The Balaban J connectivity index is 1.71. The highest BCUT2D eigenvalue weighted by Crippen LogP contribution is 2.23. The molecular formula is C26H41N9. The van der Waals surface area contributed by atoms with Gasteiger partial charge in [0.2, 0.25) is 17.8 Å². The second-order valence-electron chi connectivity index (χ2n) is 8.43. The van der Waals surface area contributed by atoms with Gasteiger partial charge < -0.3 is 25.8 Å². The van der Waals surface area contributed by atoms with Gasteiger partial charge in [-0.2, -0.15) is 15.0 Å². The molecule has 0 unspecified atom stereocenters. The van der Waals surface area contributed by atoms with E-state index in [4.69, 9.17) is 0 Å². The third-order valence-corrected chi connectivity index (χ3v) is 6.17.